The van der Waals surface area contributed by atoms with Crippen molar-refractivity contribution in [3.05, 3.63) is 152 Å². The molecule has 0 fully saturated rings. The molecule has 0 spiro atoms. The van der Waals surface area contributed by atoms with Gasteiger partial charge in [0.2, 0.25) is 0 Å². The summed E-state index contributed by atoms with van der Waals surface area (Å²) in [6.45, 7) is 0. The fourth-order valence-electron chi connectivity index (χ4n) is 7.45. The van der Waals surface area contributed by atoms with Crippen molar-refractivity contribution in [1.82, 2.24) is 4.57 Å². The Hall–Kier alpha value is -5.86. The molecule has 204 valence electrons. The number of aromatic nitrogens is 1. The molecule has 2 heterocycles. The number of nitrogens with zero attached hydrogens (tertiary/aromatic N) is 1. The van der Waals surface area contributed by atoms with Crippen molar-refractivity contribution in [2.75, 3.05) is 0 Å². The molecular weight excluding hydrogens is 534 g/mol. The lowest BCUT2D eigenvalue weighted by Crippen LogP contribution is -1.96. The molecule has 0 unspecified atom stereocenters. The summed E-state index contributed by atoms with van der Waals surface area (Å²) >= 11 is 0. The minimum Gasteiger partial charge on any atom is -0.456 e. The van der Waals surface area contributed by atoms with Crippen LogP contribution < -0.4 is 0 Å². The van der Waals surface area contributed by atoms with Gasteiger partial charge in [-0.15, -0.1) is 0 Å². The molecule has 7 aromatic carbocycles. The van der Waals surface area contributed by atoms with Gasteiger partial charge in [0.1, 0.15) is 11.2 Å². The SMILES string of the molecule is c1ccc2c(c1)-c1ccccc1-c1cc3oc4ccc(-n5c6ccccc6c6ccccc65)cc4c3cc1-c1ccccc1-2. The quantitative estimate of drug-likeness (QED) is 0.196. The summed E-state index contributed by atoms with van der Waals surface area (Å²) in [5.41, 5.74) is 15.2. The smallest absolute Gasteiger partial charge is 0.136 e. The molecule has 10 rings (SSSR count). The Kier molecular flexibility index (Phi) is 4.75. The number of benzene rings is 7. The van der Waals surface area contributed by atoms with E-state index in [9.17, 15) is 0 Å². The first-order valence-electron chi connectivity index (χ1n) is 15.1. The van der Waals surface area contributed by atoms with E-state index in [1.165, 1.54) is 66.3 Å². The summed E-state index contributed by atoms with van der Waals surface area (Å²) in [5, 5.41) is 4.77. The molecule has 2 aromatic heterocycles. The van der Waals surface area contributed by atoms with Crippen LogP contribution in [0.4, 0.5) is 0 Å². The second kappa shape index (κ2) is 8.82. The number of hydrogen-bond donors (Lipinski definition) is 0. The van der Waals surface area contributed by atoms with Crippen molar-refractivity contribution in [2.24, 2.45) is 0 Å². The molecule has 44 heavy (non-hydrogen) atoms. The molecule has 0 N–H and O–H groups in total. The van der Waals surface area contributed by atoms with Gasteiger partial charge >= 0.3 is 0 Å². The van der Waals surface area contributed by atoms with Gasteiger partial charge in [0.15, 0.2) is 0 Å². The van der Waals surface area contributed by atoms with Crippen LogP contribution in [-0.2, 0) is 0 Å². The van der Waals surface area contributed by atoms with Crippen LogP contribution in [0.25, 0.3) is 93.9 Å². The lowest BCUT2D eigenvalue weighted by atomic mass is 9.80. The Morgan fingerprint density at radius 2 is 0.750 bits per heavy atom. The maximum atomic E-state index is 6.60. The number of para-hydroxylation sites is 2. The van der Waals surface area contributed by atoms with E-state index in [1.807, 2.05) is 0 Å². The molecular formula is C42H25NO. The zero-order chi connectivity index (χ0) is 28.8. The number of rotatable bonds is 1. The molecule has 0 radical (unpaired) electrons. The van der Waals surface area contributed by atoms with Gasteiger partial charge in [0.05, 0.1) is 11.0 Å². The molecule has 0 bridgehead atoms. The molecule has 0 amide bonds. The monoisotopic (exact) mass is 559 g/mol. The van der Waals surface area contributed by atoms with E-state index in [0.29, 0.717) is 0 Å². The Morgan fingerprint density at radius 3 is 1.30 bits per heavy atom. The number of furan rings is 1. The summed E-state index contributed by atoms with van der Waals surface area (Å²) in [6, 6.07) is 54.9. The normalized spacial score (nSPS) is 12.1. The average Bonchev–Trinajstić information content (AvgIpc) is 3.62. The minimum atomic E-state index is 0.896. The van der Waals surface area contributed by atoms with Crippen LogP contribution in [0, 0.1) is 0 Å². The molecule has 2 nitrogen and oxygen atoms in total. The number of fused-ring (bicyclic) bond motifs is 14. The van der Waals surface area contributed by atoms with Gasteiger partial charge in [-0.2, -0.15) is 0 Å². The highest BCUT2D eigenvalue weighted by atomic mass is 16.3. The zero-order valence-electron chi connectivity index (χ0n) is 23.8. The van der Waals surface area contributed by atoms with Gasteiger partial charge in [0, 0.05) is 27.2 Å². The summed E-state index contributed by atoms with van der Waals surface area (Å²) in [4.78, 5) is 0. The first-order valence-corrected chi connectivity index (χ1v) is 15.1. The van der Waals surface area contributed by atoms with E-state index in [2.05, 4.69) is 156 Å². The summed E-state index contributed by atoms with van der Waals surface area (Å²) in [7, 11) is 0. The summed E-state index contributed by atoms with van der Waals surface area (Å²) in [6.07, 6.45) is 0. The van der Waals surface area contributed by atoms with E-state index in [-0.39, 0.29) is 0 Å². The molecule has 9 aromatic rings. The van der Waals surface area contributed by atoms with Crippen LogP contribution in [0.2, 0.25) is 0 Å². The van der Waals surface area contributed by atoms with Gasteiger partial charge in [-0.3, -0.25) is 0 Å². The lowest BCUT2D eigenvalue weighted by molar-refractivity contribution is 0.669. The van der Waals surface area contributed by atoms with Crippen LogP contribution in [0.3, 0.4) is 0 Å². The highest BCUT2D eigenvalue weighted by molar-refractivity contribution is 6.13. The van der Waals surface area contributed by atoms with Crippen molar-refractivity contribution in [3.8, 4) is 50.2 Å². The van der Waals surface area contributed by atoms with E-state index >= 15 is 0 Å². The molecule has 2 heteroatoms. The van der Waals surface area contributed by atoms with Crippen LogP contribution in [0.1, 0.15) is 0 Å². The van der Waals surface area contributed by atoms with Crippen LogP contribution in [0.5, 0.6) is 0 Å². The van der Waals surface area contributed by atoms with Gasteiger partial charge in [-0.05, 0) is 87.0 Å². The Morgan fingerprint density at radius 1 is 0.318 bits per heavy atom. The first-order chi connectivity index (χ1) is 21.8. The fourth-order valence-corrected chi connectivity index (χ4v) is 7.45. The lowest BCUT2D eigenvalue weighted by Gasteiger charge is -2.23. The maximum Gasteiger partial charge on any atom is 0.136 e. The molecule has 0 saturated carbocycles. The van der Waals surface area contributed by atoms with Gasteiger partial charge < -0.3 is 8.98 Å². The Labute approximate surface area is 254 Å². The number of hydrogen-bond acceptors (Lipinski definition) is 1. The van der Waals surface area contributed by atoms with E-state index < -0.39 is 0 Å². The summed E-state index contributed by atoms with van der Waals surface area (Å²) in [5.74, 6) is 0. The van der Waals surface area contributed by atoms with E-state index in [1.54, 1.807) is 0 Å². The molecule has 0 atom stereocenters. The van der Waals surface area contributed by atoms with Crippen molar-refractivity contribution < 1.29 is 4.42 Å². The Bertz CT molecular complexity index is 2560. The van der Waals surface area contributed by atoms with Crippen molar-refractivity contribution in [2.45, 2.75) is 0 Å². The van der Waals surface area contributed by atoms with Crippen molar-refractivity contribution in [3.63, 3.8) is 0 Å². The zero-order valence-corrected chi connectivity index (χ0v) is 23.8. The highest BCUT2D eigenvalue weighted by Crippen LogP contribution is 2.49. The topological polar surface area (TPSA) is 18.1 Å². The molecule has 0 saturated heterocycles. The second-order valence-corrected chi connectivity index (χ2v) is 11.7. The van der Waals surface area contributed by atoms with Gasteiger partial charge in [-0.1, -0.05) is 109 Å². The molecule has 1 aliphatic rings. The average molecular weight is 560 g/mol. The van der Waals surface area contributed by atoms with Crippen LogP contribution >= 0.6 is 0 Å². The van der Waals surface area contributed by atoms with E-state index in [4.69, 9.17) is 4.42 Å². The summed E-state index contributed by atoms with van der Waals surface area (Å²) < 4.78 is 8.98. The van der Waals surface area contributed by atoms with Crippen LogP contribution in [0.15, 0.2) is 156 Å². The molecule has 0 aliphatic heterocycles. The van der Waals surface area contributed by atoms with Crippen molar-refractivity contribution >= 4 is 43.7 Å². The standard InChI is InChI=1S/C42H25NO/c1-2-12-28-27(11-1)29-13-3-5-15-31(29)35-24-38-37-23-26(43-39-19-9-7-17-33(39)34-18-8-10-20-40(34)43)21-22-41(37)44-42(38)25-36(35)32-16-6-4-14-30(28)32/h1-25H. The van der Waals surface area contributed by atoms with Gasteiger partial charge in [0.25, 0.3) is 0 Å². The third kappa shape index (κ3) is 3.20. The Balaban J connectivity index is 1.29. The van der Waals surface area contributed by atoms with Crippen molar-refractivity contribution in [1.29, 1.82) is 0 Å². The van der Waals surface area contributed by atoms with Gasteiger partial charge in [-0.25, -0.2) is 0 Å². The third-order valence-electron chi connectivity index (χ3n) is 9.37. The predicted molar refractivity (Wildman–Crippen MR) is 183 cm³/mol. The maximum absolute atomic E-state index is 6.60. The molecule has 1 aliphatic carbocycles. The third-order valence-corrected chi connectivity index (χ3v) is 9.37. The largest absolute Gasteiger partial charge is 0.456 e. The second-order valence-electron chi connectivity index (χ2n) is 11.7. The van der Waals surface area contributed by atoms with E-state index in [0.717, 1.165) is 27.6 Å². The minimum absolute atomic E-state index is 0.896. The first kappa shape index (κ1) is 23.7. The highest BCUT2D eigenvalue weighted by Gasteiger charge is 2.23. The fraction of sp³-hybridized carbons (Fsp3) is 0. The predicted octanol–water partition coefficient (Wildman–Crippen LogP) is 11.7. The van der Waals surface area contributed by atoms with Crippen LogP contribution in [-0.4, -0.2) is 4.57 Å².